The van der Waals surface area contributed by atoms with Crippen LogP contribution >= 0.6 is 15.9 Å². The SMILES string of the molecule is N[C@@H]1CC(C2CCOCC2)Oc2ccc(Br)cc21. The van der Waals surface area contributed by atoms with Gasteiger partial charge in [-0.15, -0.1) is 0 Å². The maximum absolute atomic E-state index is 6.28. The lowest BCUT2D eigenvalue weighted by Crippen LogP contribution is -2.37. The summed E-state index contributed by atoms with van der Waals surface area (Å²) in [6, 6.07) is 6.18. The monoisotopic (exact) mass is 311 g/mol. The normalized spacial score (nSPS) is 28.6. The molecule has 0 bridgehead atoms. The van der Waals surface area contributed by atoms with Gasteiger partial charge in [-0.2, -0.15) is 0 Å². The summed E-state index contributed by atoms with van der Waals surface area (Å²) in [5.74, 6) is 1.54. The zero-order valence-corrected chi connectivity index (χ0v) is 11.9. The van der Waals surface area contributed by atoms with Crippen molar-refractivity contribution in [2.75, 3.05) is 13.2 Å². The molecule has 3 rings (SSSR count). The molecule has 0 saturated carbocycles. The number of hydrogen-bond acceptors (Lipinski definition) is 3. The predicted octanol–water partition coefficient (Wildman–Crippen LogP) is 3.03. The molecule has 2 heterocycles. The van der Waals surface area contributed by atoms with Crippen molar-refractivity contribution in [2.45, 2.75) is 31.4 Å². The number of hydrogen-bond donors (Lipinski definition) is 1. The fourth-order valence-electron chi connectivity index (χ4n) is 2.88. The molecule has 2 N–H and O–H groups in total. The summed E-state index contributed by atoms with van der Waals surface area (Å²) < 4.78 is 12.6. The Morgan fingerprint density at radius 3 is 2.78 bits per heavy atom. The van der Waals surface area contributed by atoms with Gasteiger partial charge < -0.3 is 15.2 Å². The molecule has 4 heteroatoms. The van der Waals surface area contributed by atoms with Crippen molar-refractivity contribution in [1.82, 2.24) is 0 Å². The highest BCUT2D eigenvalue weighted by molar-refractivity contribution is 9.10. The molecule has 0 radical (unpaired) electrons. The van der Waals surface area contributed by atoms with Crippen LogP contribution in [0.1, 0.15) is 30.9 Å². The maximum atomic E-state index is 6.28. The van der Waals surface area contributed by atoms with Crippen LogP contribution in [-0.4, -0.2) is 19.3 Å². The van der Waals surface area contributed by atoms with Gasteiger partial charge in [0.1, 0.15) is 11.9 Å². The Hall–Kier alpha value is -0.580. The van der Waals surface area contributed by atoms with Crippen LogP contribution in [0.15, 0.2) is 22.7 Å². The number of fused-ring (bicyclic) bond motifs is 1. The second kappa shape index (κ2) is 5.19. The van der Waals surface area contributed by atoms with Crippen molar-refractivity contribution >= 4 is 15.9 Å². The van der Waals surface area contributed by atoms with Gasteiger partial charge in [0, 0.05) is 41.6 Å². The summed E-state index contributed by atoms with van der Waals surface area (Å²) in [5, 5.41) is 0. The standard InChI is InChI=1S/C14H18BrNO2/c15-10-1-2-13-11(7-10)12(16)8-14(18-13)9-3-5-17-6-4-9/h1-2,7,9,12,14H,3-6,8,16H2/t12-,14?/m1/s1. The summed E-state index contributed by atoms with van der Waals surface area (Å²) in [6.45, 7) is 1.71. The second-order valence-corrected chi connectivity index (χ2v) is 6.05. The van der Waals surface area contributed by atoms with Gasteiger partial charge in [0.15, 0.2) is 0 Å². The first-order chi connectivity index (χ1) is 8.74. The molecule has 2 atom stereocenters. The lowest BCUT2D eigenvalue weighted by molar-refractivity contribution is 0.00729. The third kappa shape index (κ3) is 2.42. The van der Waals surface area contributed by atoms with Crippen LogP contribution in [0.4, 0.5) is 0 Å². The largest absolute Gasteiger partial charge is 0.490 e. The highest BCUT2D eigenvalue weighted by Gasteiger charge is 2.32. The van der Waals surface area contributed by atoms with Gasteiger partial charge in [0.25, 0.3) is 0 Å². The van der Waals surface area contributed by atoms with E-state index in [-0.39, 0.29) is 12.1 Å². The number of benzene rings is 1. The van der Waals surface area contributed by atoms with Crippen LogP contribution < -0.4 is 10.5 Å². The van der Waals surface area contributed by atoms with Crippen molar-refractivity contribution in [1.29, 1.82) is 0 Å². The maximum Gasteiger partial charge on any atom is 0.124 e. The zero-order chi connectivity index (χ0) is 12.5. The molecule has 2 aliphatic heterocycles. The molecule has 1 aromatic rings. The van der Waals surface area contributed by atoms with Gasteiger partial charge in [-0.3, -0.25) is 0 Å². The minimum atomic E-state index is 0.0825. The van der Waals surface area contributed by atoms with E-state index in [0.717, 1.165) is 48.3 Å². The molecule has 3 nitrogen and oxygen atoms in total. The average molecular weight is 312 g/mol. The van der Waals surface area contributed by atoms with Crippen molar-refractivity contribution in [3.05, 3.63) is 28.2 Å². The summed E-state index contributed by atoms with van der Waals surface area (Å²) >= 11 is 3.48. The number of rotatable bonds is 1. The van der Waals surface area contributed by atoms with Gasteiger partial charge in [0.05, 0.1) is 0 Å². The highest BCUT2D eigenvalue weighted by Crippen LogP contribution is 2.38. The Morgan fingerprint density at radius 2 is 2.00 bits per heavy atom. The molecule has 1 unspecified atom stereocenters. The Morgan fingerprint density at radius 1 is 1.22 bits per heavy atom. The van der Waals surface area contributed by atoms with E-state index in [1.807, 2.05) is 12.1 Å². The van der Waals surface area contributed by atoms with Crippen LogP contribution in [-0.2, 0) is 4.74 Å². The topological polar surface area (TPSA) is 44.5 Å². The van der Waals surface area contributed by atoms with Crippen LogP contribution in [0.25, 0.3) is 0 Å². The second-order valence-electron chi connectivity index (χ2n) is 5.13. The minimum Gasteiger partial charge on any atom is -0.490 e. The molecular weight excluding hydrogens is 294 g/mol. The summed E-state index contributed by atoms with van der Waals surface area (Å²) in [4.78, 5) is 0. The fourth-order valence-corrected chi connectivity index (χ4v) is 3.26. The van der Waals surface area contributed by atoms with Crippen molar-refractivity contribution < 1.29 is 9.47 Å². The molecule has 0 spiro atoms. The third-order valence-corrected chi connectivity index (χ3v) is 4.42. The lowest BCUT2D eigenvalue weighted by Gasteiger charge is -2.36. The van der Waals surface area contributed by atoms with E-state index >= 15 is 0 Å². The molecule has 1 saturated heterocycles. The number of halogens is 1. The number of ether oxygens (including phenoxy) is 2. The summed E-state index contributed by atoms with van der Waals surface area (Å²) in [5.41, 5.74) is 7.40. The van der Waals surface area contributed by atoms with E-state index in [0.29, 0.717) is 5.92 Å². The predicted molar refractivity (Wildman–Crippen MR) is 73.6 cm³/mol. The first-order valence-corrected chi connectivity index (χ1v) is 7.33. The zero-order valence-electron chi connectivity index (χ0n) is 10.3. The first-order valence-electron chi connectivity index (χ1n) is 6.53. The molecule has 0 amide bonds. The Balaban J connectivity index is 1.80. The van der Waals surface area contributed by atoms with Gasteiger partial charge >= 0.3 is 0 Å². The summed E-state index contributed by atoms with van der Waals surface area (Å²) in [6.07, 6.45) is 3.33. The molecular formula is C14H18BrNO2. The molecule has 1 fully saturated rings. The van der Waals surface area contributed by atoms with Gasteiger partial charge in [0.2, 0.25) is 0 Å². The van der Waals surface area contributed by atoms with E-state index < -0.39 is 0 Å². The molecule has 0 aromatic heterocycles. The molecule has 98 valence electrons. The van der Waals surface area contributed by atoms with Gasteiger partial charge in [-0.05, 0) is 31.0 Å². The van der Waals surface area contributed by atoms with E-state index in [9.17, 15) is 0 Å². The van der Waals surface area contributed by atoms with Crippen LogP contribution in [0, 0.1) is 5.92 Å². The average Bonchev–Trinajstić information content (AvgIpc) is 2.40. The Labute approximate surface area is 116 Å². The van der Waals surface area contributed by atoms with Crippen molar-refractivity contribution in [3.8, 4) is 5.75 Å². The quantitative estimate of drug-likeness (QED) is 0.867. The smallest absolute Gasteiger partial charge is 0.124 e. The van der Waals surface area contributed by atoms with E-state index in [1.54, 1.807) is 0 Å². The van der Waals surface area contributed by atoms with E-state index in [4.69, 9.17) is 15.2 Å². The summed E-state index contributed by atoms with van der Waals surface area (Å²) in [7, 11) is 0. The number of nitrogens with two attached hydrogens (primary N) is 1. The van der Waals surface area contributed by atoms with E-state index in [1.165, 1.54) is 0 Å². The third-order valence-electron chi connectivity index (χ3n) is 3.93. The molecule has 0 aliphatic carbocycles. The minimum absolute atomic E-state index is 0.0825. The van der Waals surface area contributed by atoms with Crippen molar-refractivity contribution in [2.24, 2.45) is 11.7 Å². The highest BCUT2D eigenvalue weighted by atomic mass is 79.9. The van der Waals surface area contributed by atoms with E-state index in [2.05, 4.69) is 22.0 Å². The van der Waals surface area contributed by atoms with Crippen LogP contribution in [0.2, 0.25) is 0 Å². The van der Waals surface area contributed by atoms with Gasteiger partial charge in [-0.25, -0.2) is 0 Å². The Kier molecular flexibility index (Phi) is 3.59. The molecule has 18 heavy (non-hydrogen) atoms. The van der Waals surface area contributed by atoms with Crippen LogP contribution in [0.3, 0.4) is 0 Å². The molecule has 2 aliphatic rings. The Bertz CT molecular complexity index is 432. The van der Waals surface area contributed by atoms with Crippen LogP contribution in [0.5, 0.6) is 5.75 Å². The first kappa shape index (κ1) is 12.5. The van der Waals surface area contributed by atoms with Gasteiger partial charge in [-0.1, -0.05) is 15.9 Å². The lowest BCUT2D eigenvalue weighted by atomic mass is 9.86. The van der Waals surface area contributed by atoms with Crippen molar-refractivity contribution in [3.63, 3.8) is 0 Å². The molecule has 1 aromatic carbocycles. The fraction of sp³-hybridized carbons (Fsp3) is 0.571.